The highest BCUT2D eigenvalue weighted by atomic mass is 16.6. The molecule has 0 fully saturated rings. The Kier molecular flexibility index (Phi) is 7.74. The lowest BCUT2D eigenvalue weighted by molar-refractivity contribution is -0.169. The smallest absolute Gasteiger partial charge is 0.307 e. The molecule has 0 bridgehead atoms. The standard InChI is InChI=1S/C23H29NO3/c1-19(18-24(2)3)23(21-13-8-5-9-14-21,27-22(26)15-10-16-25)17-20-11-6-4-7-12-20/h4-9,11-14,16,19H,10,15,17-18H2,1-3H3/t19-,23+/m1/s1. The molecule has 0 aliphatic heterocycles. The van der Waals surface area contributed by atoms with E-state index in [1.807, 2.05) is 62.6 Å². The Balaban J connectivity index is 2.49. The van der Waals surface area contributed by atoms with Crippen LogP contribution in [0, 0.1) is 5.92 Å². The summed E-state index contributed by atoms with van der Waals surface area (Å²) in [7, 11) is 4.03. The molecular formula is C23H29NO3. The summed E-state index contributed by atoms with van der Waals surface area (Å²) in [6.45, 7) is 2.88. The number of benzene rings is 2. The van der Waals surface area contributed by atoms with Gasteiger partial charge in [-0.2, -0.15) is 0 Å². The summed E-state index contributed by atoms with van der Waals surface area (Å²) < 4.78 is 6.17. The number of rotatable bonds is 10. The number of hydrogen-bond acceptors (Lipinski definition) is 4. The number of carbonyl (C=O) groups is 2. The van der Waals surface area contributed by atoms with E-state index in [1.54, 1.807) is 0 Å². The predicted octanol–water partition coefficient (Wildman–Crippen LogP) is 3.84. The van der Waals surface area contributed by atoms with Crippen LogP contribution in [0.2, 0.25) is 0 Å². The quantitative estimate of drug-likeness (QED) is 0.473. The average Bonchev–Trinajstić information content (AvgIpc) is 2.66. The molecule has 0 radical (unpaired) electrons. The molecule has 0 aromatic heterocycles. The van der Waals surface area contributed by atoms with Crippen LogP contribution >= 0.6 is 0 Å². The second kappa shape index (κ2) is 10.0. The van der Waals surface area contributed by atoms with Crippen molar-refractivity contribution in [3.63, 3.8) is 0 Å². The summed E-state index contributed by atoms with van der Waals surface area (Å²) in [6.07, 6.45) is 1.62. The third-order valence-corrected chi connectivity index (χ3v) is 4.77. The van der Waals surface area contributed by atoms with Gasteiger partial charge >= 0.3 is 5.97 Å². The fourth-order valence-electron chi connectivity index (χ4n) is 3.50. The fraction of sp³-hybridized carbons (Fsp3) is 0.391. The zero-order chi connectivity index (χ0) is 19.7. The van der Waals surface area contributed by atoms with Crippen LogP contribution in [-0.2, 0) is 26.3 Å². The summed E-state index contributed by atoms with van der Waals surface area (Å²) >= 11 is 0. The van der Waals surface area contributed by atoms with Crippen LogP contribution < -0.4 is 0 Å². The number of esters is 1. The molecule has 0 spiro atoms. The van der Waals surface area contributed by atoms with Crippen LogP contribution in [0.4, 0.5) is 0 Å². The first-order valence-electron chi connectivity index (χ1n) is 9.37. The van der Waals surface area contributed by atoms with Crippen molar-refractivity contribution in [1.82, 2.24) is 4.90 Å². The van der Waals surface area contributed by atoms with E-state index < -0.39 is 5.60 Å². The van der Waals surface area contributed by atoms with Gasteiger partial charge in [-0.3, -0.25) is 4.79 Å². The van der Waals surface area contributed by atoms with Gasteiger partial charge in [0.25, 0.3) is 0 Å². The zero-order valence-corrected chi connectivity index (χ0v) is 16.4. The van der Waals surface area contributed by atoms with Crippen LogP contribution in [-0.4, -0.2) is 37.8 Å². The first-order valence-corrected chi connectivity index (χ1v) is 9.37. The molecule has 2 rings (SSSR count). The minimum absolute atomic E-state index is 0.0512. The van der Waals surface area contributed by atoms with Gasteiger partial charge in [0.05, 0.1) is 6.42 Å². The van der Waals surface area contributed by atoms with Crippen molar-refractivity contribution >= 4 is 12.3 Å². The van der Waals surface area contributed by atoms with Crippen molar-refractivity contribution in [2.75, 3.05) is 20.6 Å². The summed E-state index contributed by atoms with van der Waals surface area (Å²) in [5.41, 5.74) is 1.28. The molecule has 4 heteroatoms. The molecule has 4 nitrogen and oxygen atoms in total. The van der Waals surface area contributed by atoms with Gasteiger partial charge in [-0.05, 0) is 25.2 Å². The van der Waals surface area contributed by atoms with Crippen LogP contribution in [0.1, 0.15) is 30.9 Å². The fourth-order valence-corrected chi connectivity index (χ4v) is 3.50. The van der Waals surface area contributed by atoms with E-state index in [0.717, 1.165) is 24.0 Å². The maximum atomic E-state index is 12.6. The Labute approximate surface area is 162 Å². The van der Waals surface area contributed by atoms with E-state index in [1.165, 1.54) is 0 Å². The van der Waals surface area contributed by atoms with E-state index in [9.17, 15) is 9.59 Å². The predicted molar refractivity (Wildman–Crippen MR) is 107 cm³/mol. The normalized spacial score (nSPS) is 14.4. The monoisotopic (exact) mass is 367 g/mol. The maximum Gasteiger partial charge on any atom is 0.307 e. The Morgan fingerprint density at radius 1 is 1.07 bits per heavy atom. The first kappa shape index (κ1) is 20.8. The van der Waals surface area contributed by atoms with Gasteiger partial charge in [-0.15, -0.1) is 0 Å². The van der Waals surface area contributed by atoms with Gasteiger partial charge in [0.2, 0.25) is 0 Å². The molecule has 2 atom stereocenters. The van der Waals surface area contributed by atoms with Crippen molar-refractivity contribution in [2.45, 2.75) is 31.8 Å². The lowest BCUT2D eigenvalue weighted by Crippen LogP contribution is -2.45. The van der Waals surface area contributed by atoms with Crippen LogP contribution in [0.15, 0.2) is 60.7 Å². The van der Waals surface area contributed by atoms with E-state index in [0.29, 0.717) is 6.42 Å². The van der Waals surface area contributed by atoms with Crippen LogP contribution in [0.5, 0.6) is 0 Å². The number of aldehydes is 1. The van der Waals surface area contributed by atoms with Gasteiger partial charge in [0.1, 0.15) is 11.9 Å². The molecule has 144 valence electrons. The molecule has 0 N–H and O–H groups in total. The molecule has 0 saturated carbocycles. The third kappa shape index (κ3) is 5.76. The molecule has 0 aliphatic rings. The lowest BCUT2D eigenvalue weighted by atomic mass is 9.77. The molecule has 0 heterocycles. The molecule has 2 aromatic rings. The van der Waals surface area contributed by atoms with Crippen molar-refractivity contribution in [3.8, 4) is 0 Å². The van der Waals surface area contributed by atoms with E-state index in [4.69, 9.17) is 4.74 Å². The number of hydrogen-bond donors (Lipinski definition) is 0. The molecule has 0 unspecified atom stereocenters. The van der Waals surface area contributed by atoms with Crippen molar-refractivity contribution in [1.29, 1.82) is 0 Å². The van der Waals surface area contributed by atoms with Crippen molar-refractivity contribution < 1.29 is 14.3 Å². The molecule has 0 saturated heterocycles. The highest BCUT2D eigenvalue weighted by Gasteiger charge is 2.42. The second-order valence-electron chi connectivity index (χ2n) is 7.26. The molecule has 0 aliphatic carbocycles. The van der Waals surface area contributed by atoms with E-state index in [-0.39, 0.29) is 24.7 Å². The Morgan fingerprint density at radius 2 is 1.67 bits per heavy atom. The summed E-state index contributed by atoms with van der Waals surface area (Å²) in [6, 6.07) is 20.0. The van der Waals surface area contributed by atoms with Gasteiger partial charge in [-0.25, -0.2) is 0 Å². The van der Waals surface area contributed by atoms with Crippen LogP contribution in [0.3, 0.4) is 0 Å². The number of carbonyl (C=O) groups excluding carboxylic acids is 2. The molecule has 27 heavy (non-hydrogen) atoms. The van der Waals surface area contributed by atoms with Gasteiger partial charge in [-0.1, -0.05) is 67.6 Å². The van der Waals surface area contributed by atoms with Gasteiger partial charge < -0.3 is 14.4 Å². The van der Waals surface area contributed by atoms with E-state index in [2.05, 4.69) is 24.0 Å². The maximum absolute atomic E-state index is 12.6. The van der Waals surface area contributed by atoms with E-state index >= 15 is 0 Å². The minimum Gasteiger partial charge on any atom is -0.453 e. The van der Waals surface area contributed by atoms with Gasteiger partial charge in [0.15, 0.2) is 0 Å². The Hall–Kier alpha value is -2.46. The summed E-state index contributed by atoms with van der Waals surface area (Å²) in [4.78, 5) is 25.4. The number of nitrogens with zero attached hydrogens (tertiary/aromatic N) is 1. The highest BCUT2D eigenvalue weighted by Crippen LogP contribution is 2.38. The average molecular weight is 367 g/mol. The second-order valence-corrected chi connectivity index (χ2v) is 7.26. The van der Waals surface area contributed by atoms with Crippen LogP contribution in [0.25, 0.3) is 0 Å². The zero-order valence-electron chi connectivity index (χ0n) is 16.4. The first-order chi connectivity index (χ1) is 13.0. The molecular weight excluding hydrogens is 338 g/mol. The van der Waals surface area contributed by atoms with Crippen molar-refractivity contribution in [2.24, 2.45) is 5.92 Å². The highest BCUT2D eigenvalue weighted by molar-refractivity contribution is 5.73. The van der Waals surface area contributed by atoms with Crippen molar-refractivity contribution in [3.05, 3.63) is 71.8 Å². The summed E-state index contributed by atoms with van der Waals surface area (Å²) in [5.74, 6) is -0.289. The topological polar surface area (TPSA) is 46.6 Å². The molecule has 2 aromatic carbocycles. The minimum atomic E-state index is -0.799. The largest absolute Gasteiger partial charge is 0.453 e. The summed E-state index contributed by atoms with van der Waals surface area (Å²) in [5, 5.41) is 0. The Morgan fingerprint density at radius 3 is 2.22 bits per heavy atom. The lowest BCUT2D eigenvalue weighted by Gasteiger charge is -2.40. The Bertz CT molecular complexity index is 715. The van der Waals surface area contributed by atoms with Gasteiger partial charge in [0, 0.05) is 25.3 Å². The number of ether oxygens (including phenoxy) is 1. The SMILES string of the molecule is C[C@H](CN(C)C)[C@](Cc1ccccc1)(OC(=O)CCC=O)c1ccccc1. The third-order valence-electron chi connectivity index (χ3n) is 4.77. The molecule has 0 amide bonds.